The van der Waals surface area contributed by atoms with E-state index in [4.69, 9.17) is 4.74 Å². The van der Waals surface area contributed by atoms with E-state index in [0.29, 0.717) is 5.92 Å². The van der Waals surface area contributed by atoms with Crippen LogP contribution in [-0.2, 0) is 11.3 Å². The van der Waals surface area contributed by atoms with Crippen LogP contribution in [0, 0.1) is 0 Å². The third-order valence-corrected chi connectivity index (χ3v) is 3.78. The molecule has 1 aromatic heterocycles. The van der Waals surface area contributed by atoms with Crippen molar-refractivity contribution in [1.82, 2.24) is 10.3 Å². The average Bonchev–Trinajstić information content (AvgIpc) is 2.93. The zero-order chi connectivity index (χ0) is 10.7. The summed E-state index contributed by atoms with van der Waals surface area (Å²) in [5.74, 6) is 0.412. The van der Waals surface area contributed by atoms with Crippen LogP contribution < -0.4 is 5.32 Å². The summed E-state index contributed by atoms with van der Waals surface area (Å²) < 4.78 is 5.13. The monoisotopic (exact) mass is 226 g/mol. The van der Waals surface area contributed by atoms with Gasteiger partial charge in [0.25, 0.3) is 0 Å². The number of rotatable bonds is 6. The predicted molar refractivity (Wildman–Crippen MR) is 62.3 cm³/mol. The minimum atomic E-state index is 0.412. The first kappa shape index (κ1) is 11.0. The van der Waals surface area contributed by atoms with Crippen molar-refractivity contribution in [2.24, 2.45) is 0 Å². The van der Waals surface area contributed by atoms with E-state index in [0.717, 1.165) is 19.2 Å². The third kappa shape index (κ3) is 3.26. The van der Waals surface area contributed by atoms with Crippen LogP contribution in [0.2, 0.25) is 0 Å². The Morgan fingerprint density at radius 3 is 3.13 bits per heavy atom. The molecule has 0 aliphatic heterocycles. The van der Waals surface area contributed by atoms with Gasteiger partial charge in [0.05, 0.1) is 11.6 Å². The van der Waals surface area contributed by atoms with Crippen LogP contribution in [-0.4, -0.2) is 24.7 Å². The van der Waals surface area contributed by atoms with E-state index in [-0.39, 0.29) is 0 Å². The van der Waals surface area contributed by atoms with Crippen LogP contribution in [0.4, 0.5) is 0 Å². The zero-order valence-corrected chi connectivity index (χ0v) is 10.1. The van der Waals surface area contributed by atoms with Crippen molar-refractivity contribution in [1.29, 1.82) is 0 Å². The summed E-state index contributed by atoms with van der Waals surface area (Å²) in [5.41, 5.74) is 0. The molecule has 1 atom stereocenters. The number of hydrogen-bond donors (Lipinski definition) is 1. The fourth-order valence-corrected chi connectivity index (χ4v) is 2.39. The molecule has 0 amide bonds. The topological polar surface area (TPSA) is 34.1 Å². The normalized spacial score (nSPS) is 18.0. The molecule has 0 radical (unpaired) electrons. The Kier molecular flexibility index (Phi) is 3.72. The highest BCUT2D eigenvalue weighted by atomic mass is 32.1. The summed E-state index contributed by atoms with van der Waals surface area (Å²) in [6.07, 6.45) is 4.67. The molecule has 0 saturated heterocycles. The number of thiazole rings is 1. The highest BCUT2D eigenvalue weighted by Gasteiger charge is 2.20. The highest BCUT2D eigenvalue weighted by Crippen LogP contribution is 2.24. The lowest BCUT2D eigenvalue weighted by Crippen LogP contribution is -2.14. The van der Waals surface area contributed by atoms with E-state index >= 15 is 0 Å². The number of hydrogen-bond acceptors (Lipinski definition) is 4. The van der Waals surface area contributed by atoms with Gasteiger partial charge in [0, 0.05) is 36.7 Å². The Balaban J connectivity index is 1.84. The minimum absolute atomic E-state index is 0.412. The minimum Gasteiger partial charge on any atom is -0.384 e. The van der Waals surface area contributed by atoms with E-state index in [9.17, 15) is 0 Å². The van der Waals surface area contributed by atoms with Crippen LogP contribution in [0.25, 0.3) is 0 Å². The summed E-state index contributed by atoms with van der Waals surface area (Å²) in [4.78, 5) is 5.76. The van der Waals surface area contributed by atoms with Gasteiger partial charge in [-0.1, -0.05) is 6.92 Å². The highest BCUT2D eigenvalue weighted by molar-refractivity contribution is 7.11. The molecule has 4 heteroatoms. The maximum Gasteiger partial charge on any atom is 0.0979 e. The number of ether oxygens (including phenoxy) is 1. The first-order valence-corrected chi connectivity index (χ1v) is 6.28. The molecule has 0 aromatic carbocycles. The Hall–Kier alpha value is -0.450. The first-order chi connectivity index (χ1) is 7.29. The van der Waals surface area contributed by atoms with E-state index in [1.807, 2.05) is 6.20 Å². The lowest BCUT2D eigenvalue weighted by atomic mass is 10.2. The summed E-state index contributed by atoms with van der Waals surface area (Å²) in [6, 6.07) is 0.770. The molecule has 1 aromatic rings. The van der Waals surface area contributed by atoms with Gasteiger partial charge in [-0.2, -0.15) is 0 Å². The van der Waals surface area contributed by atoms with Crippen molar-refractivity contribution >= 4 is 11.3 Å². The fraction of sp³-hybridized carbons (Fsp3) is 0.727. The van der Waals surface area contributed by atoms with Gasteiger partial charge in [-0.05, 0) is 12.8 Å². The summed E-state index contributed by atoms with van der Waals surface area (Å²) in [7, 11) is 1.74. The molecule has 1 aliphatic carbocycles. The molecular weight excluding hydrogens is 208 g/mol. The molecule has 84 valence electrons. The molecule has 3 nitrogen and oxygen atoms in total. The zero-order valence-electron chi connectivity index (χ0n) is 9.32. The summed E-state index contributed by atoms with van der Waals surface area (Å²) >= 11 is 1.80. The van der Waals surface area contributed by atoms with Gasteiger partial charge in [-0.15, -0.1) is 11.3 Å². The maximum atomic E-state index is 5.13. The van der Waals surface area contributed by atoms with Gasteiger partial charge in [-0.3, -0.25) is 0 Å². The number of nitrogens with one attached hydrogen (secondary N) is 1. The van der Waals surface area contributed by atoms with Gasteiger partial charge in [0.1, 0.15) is 0 Å². The van der Waals surface area contributed by atoms with Crippen LogP contribution >= 0.6 is 11.3 Å². The van der Waals surface area contributed by atoms with Crippen molar-refractivity contribution in [3.63, 3.8) is 0 Å². The van der Waals surface area contributed by atoms with E-state index in [1.165, 1.54) is 22.7 Å². The second-order valence-electron chi connectivity index (χ2n) is 4.18. The Morgan fingerprint density at radius 2 is 2.47 bits per heavy atom. The van der Waals surface area contributed by atoms with Gasteiger partial charge < -0.3 is 10.1 Å². The van der Waals surface area contributed by atoms with Crippen LogP contribution in [0.5, 0.6) is 0 Å². The molecule has 2 rings (SSSR count). The summed E-state index contributed by atoms with van der Waals surface area (Å²) in [6.45, 7) is 3.88. The van der Waals surface area contributed by atoms with Gasteiger partial charge in [0.15, 0.2) is 0 Å². The molecule has 1 heterocycles. The predicted octanol–water partition coefficient (Wildman–Crippen LogP) is 2.14. The SMILES string of the molecule is COCC(C)c1ncc(CNC2CC2)s1. The smallest absolute Gasteiger partial charge is 0.0979 e. The average molecular weight is 226 g/mol. The van der Waals surface area contributed by atoms with Crippen LogP contribution in [0.15, 0.2) is 6.20 Å². The second kappa shape index (κ2) is 5.05. The molecule has 1 N–H and O–H groups in total. The molecular formula is C11H18N2OS. The number of nitrogens with zero attached hydrogens (tertiary/aromatic N) is 1. The Bertz CT molecular complexity index is 309. The lowest BCUT2D eigenvalue weighted by molar-refractivity contribution is 0.184. The fourth-order valence-electron chi connectivity index (χ4n) is 1.49. The molecule has 1 unspecified atom stereocenters. The van der Waals surface area contributed by atoms with Crippen molar-refractivity contribution in [3.8, 4) is 0 Å². The van der Waals surface area contributed by atoms with E-state index < -0.39 is 0 Å². The van der Waals surface area contributed by atoms with Gasteiger partial charge in [0.2, 0.25) is 0 Å². The van der Waals surface area contributed by atoms with Crippen molar-refractivity contribution in [2.45, 2.75) is 38.3 Å². The largest absolute Gasteiger partial charge is 0.384 e. The van der Waals surface area contributed by atoms with Gasteiger partial charge >= 0.3 is 0 Å². The molecule has 1 fully saturated rings. The molecule has 1 aliphatic rings. The number of aromatic nitrogens is 1. The van der Waals surface area contributed by atoms with Gasteiger partial charge in [-0.25, -0.2) is 4.98 Å². The Morgan fingerprint density at radius 1 is 1.67 bits per heavy atom. The van der Waals surface area contributed by atoms with Crippen molar-refractivity contribution in [2.75, 3.05) is 13.7 Å². The second-order valence-corrected chi connectivity index (χ2v) is 5.32. The summed E-state index contributed by atoms with van der Waals surface area (Å²) in [5, 5.41) is 4.68. The quantitative estimate of drug-likeness (QED) is 0.807. The van der Waals surface area contributed by atoms with E-state index in [2.05, 4.69) is 17.2 Å². The first-order valence-electron chi connectivity index (χ1n) is 5.46. The third-order valence-electron chi connectivity index (χ3n) is 2.55. The molecule has 1 saturated carbocycles. The Labute approximate surface area is 94.9 Å². The molecule has 0 spiro atoms. The molecule has 0 bridgehead atoms. The molecule has 15 heavy (non-hydrogen) atoms. The van der Waals surface area contributed by atoms with Crippen molar-refractivity contribution in [3.05, 3.63) is 16.1 Å². The van der Waals surface area contributed by atoms with Crippen LogP contribution in [0.1, 0.15) is 35.6 Å². The van der Waals surface area contributed by atoms with Crippen molar-refractivity contribution < 1.29 is 4.74 Å². The maximum absolute atomic E-state index is 5.13. The standard InChI is InChI=1S/C11H18N2OS/c1-8(7-14-2)11-13-6-10(15-11)5-12-9-3-4-9/h6,8-9,12H,3-5,7H2,1-2H3. The van der Waals surface area contributed by atoms with E-state index in [1.54, 1.807) is 18.4 Å². The lowest BCUT2D eigenvalue weighted by Gasteiger charge is -2.05. The van der Waals surface area contributed by atoms with Crippen LogP contribution in [0.3, 0.4) is 0 Å². The number of methoxy groups -OCH3 is 1.